The van der Waals surface area contributed by atoms with Crippen LogP contribution in [-0.4, -0.2) is 47.4 Å². The summed E-state index contributed by atoms with van der Waals surface area (Å²) in [5.41, 5.74) is 8.34. The molecule has 1 saturated carbocycles. The lowest BCUT2D eigenvalue weighted by atomic mass is 10.00. The topological polar surface area (TPSA) is 99.9 Å². The van der Waals surface area contributed by atoms with Crippen LogP contribution in [0.2, 0.25) is 5.02 Å². The Morgan fingerprint density at radius 1 is 1.47 bits per heavy atom. The molecule has 1 aliphatic rings. The average molecular weight is 477 g/mol. The molecule has 32 heavy (non-hydrogen) atoms. The van der Waals surface area contributed by atoms with Gasteiger partial charge in [0.15, 0.2) is 10.9 Å². The summed E-state index contributed by atoms with van der Waals surface area (Å²) in [6.07, 6.45) is 0.793. The molecule has 7 nitrogen and oxygen atoms in total. The molecule has 2 aromatic carbocycles. The second kappa shape index (κ2) is 7.95. The summed E-state index contributed by atoms with van der Waals surface area (Å²) >= 11 is 7.78. The van der Waals surface area contributed by atoms with Crippen molar-refractivity contribution >= 4 is 60.8 Å². The molecule has 0 unspecified atom stereocenters. The summed E-state index contributed by atoms with van der Waals surface area (Å²) in [4.78, 5) is 18.1. The smallest absolute Gasteiger partial charge is 0.232 e. The first kappa shape index (κ1) is 21.0. The van der Waals surface area contributed by atoms with Crippen LogP contribution >= 0.6 is 22.9 Å². The number of likely N-dealkylation sites (N-methyl/N-ethyl adjacent to an activating group) is 1. The predicted octanol–water partition coefficient (Wildman–Crippen LogP) is 4.32. The van der Waals surface area contributed by atoms with Crippen molar-refractivity contribution < 1.29 is 13.6 Å². The fourth-order valence-corrected chi connectivity index (χ4v) is 5.02. The van der Waals surface area contributed by atoms with Gasteiger partial charge in [-0.2, -0.15) is 5.10 Å². The molecule has 2 aromatic heterocycles. The van der Waals surface area contributed by atoms with Gasteiger partial charge in [0, 0.05) is 31.1 Å². The van der Waals surface area contributed by atoms with E-state index in [0.29, 0.717) is 51.5 Å². The summed E-state index contributed by atoms with van der Waals surface area (Å²) in [5, 5.41) is 10.7. The Balaban J connectivity index is 1.57. The van der Waals surface area contributed by atoms with Crippen LogP contribution in [0.5, 0.6) is 0 Å². The maximum Gasteiger partial charge on any atom is 0.232 e. The van der Waals surface area contributed by atoms with Gasteiger partial charge >= 0.3 is 0 Å². The van der Waals surface area contributed by atoms with E-state index in [1.54, 1.807) is 30.3 Å². The van der Waals surface area contributed by atoms with Crippen LogP contribution in [0.3, 0.4) is 0 Å². The van der Waals surface area contributed by atoms with Crippen molar-refractivity contribution in [2.75, 3.05) is 30.4 Å². The third-order valence-corrected chi connectivity index (χ3v) is 6.86. The largest absolute Gasteiger partial charge is 0.369 e. The second-order valence-corrected chi connectivity index (χ2v) is 9.18. The lowest BCUT2D eigenvalue weighted by Crippen LogP contribution is -2.26. The van der Waals surface area contributed by atoms with Crippen molar-refractivity contribution in [1.29, 1.82) is 0 Å². The molecule has 1 fully saturated rings. The number of benzene rings is 2. The number of hydrogen-bond donors (Lipinski definition) is 3. The Labute approximate surface area is 190 Å². The number of aromatic nitrogens is 3. The molecule has 166 valence electrons. The number of H-pyrrole nitrogens is 1. The van der Waals surface area contributed by atoms with Gasteiger partial charge in [-0.15, -0.1) is 0 Å². The molecule has 1 aliphatic carbocycles. The number of thiazole rings is 1. The summed E-state index contributed by atoms with van der Waals surface area (Å²) in [6.45, 7) is 0.810. The molecule has 0 aliphatic heterocycles. The fourth-order valence-electron chi connectivity index (χ4n) is 3.81. The van der Waals surface area contributed by atoms with Crippen LogP contribution in [0.15, 0.2) is 24.4 Å². The first-order valence-corrected chi connectivity index (χ1v) is 11.2. The van der Waals surface area contributed by atoms with Crippen LogP contribution in [0.25, 0.3) is 32.2 Å². The van der Waals surface area contributed by atoms with Gasteiger partial charge in [-0.3, -0.25) is 9.89 Å². The lowest BCUT2D eigenvalue weighted by molar-refractivity contribution is -0.117. The van der Waals surface area contributed by atoms with Gasteiger partial charge in [0.1, 0.15) is 11.9 Å². The molecule has 5 rings (SSSR count). The van der Waals surface area contributed by atoms with Crippen LogP contribution < -0.4 is 16.0 Å². The Morgan fingerprint density at radius 2 is 2.25 bits per heavy atom. The van der Waals surface area contributed by atoms with E-state index >= 15 is 4.39 Å². The Kier molecular flexibility index (Phi) is 5.23. The van der Waals surface area contributed by atoms with Gasteiger partial charge in [-0.1, -0.05) is 29.0 Å². The Morgan fingerprint density at radius 3 is 2.97 bits per heavy atom. The maximum atomic E-state index is 15.4. The van der Waals surface area contributed by atoms with E-state index in [-0.39, 0.29) is 17.4 Å². The number of nitrogens with zero attached hydrogens (tertiary/aromatic N) is 3. The number of carbonyl (C=O) groups excluding carboxylic acids is 1. The van der Waals surface area contributed by atoms with Crippen LogP contribution in [0.4, 0.5) is 19.6 Å². The number of anilines is 2. The molecule has 0 bridgehead atoms. The molecule has 11 heteroatoms. The van der Waals surface area contributed by atoms with Crippen molar-refractivity contribution in [2.45, 2.75) is 12.6 Å². The number of carbonyl (C=O) groups is 1. The monoisotopic (exact) mass is 476 g/mol. The highest BCUT2D eigenvalue weighted by Gasteiger charge is 2.43. The van der Waals surface area contributed by atoms with E-state index < -0.39 is 17.9 Å². The third kappa shape index (κ3) is 3.48. The van der Waals surface area contributed by atoms with Crippen LogP contribution in [0, 0.1) is 11.7 Å². The highest BCUT2D eigenvalue weighted by molar-refractivity contribution is 7.22. The van der Waals surface area contributed by atoms with Crippen molar-refractivity contribution in [2.24, 2.45) is 11.7 Å². The molecular formula is C21H19ClF2N6OS. The van der Waals surface area contributed by atoms with Crippen LogP contribution in [-0.2, 0) is 4.79 Å². The van der Waals surface area contributed by atoms with E-state index in [1.807, 2.05) is 6.07 Å². The predicted molar refractivity (Wildman–Crippen MR) is 124 cm³/mol. The number of nitrogens with two attached hydrogens (primary N) is 1. The lowest BCUT2D eigenvalue weighted by Gasteiger charge is -2.21. The first-order chi connectivity index (χ1) is 15.4. The maximum absolute atomic E-state index is 15.4. The minimum Gasteiger partial charge on any atom is -0.369 e. The van der Waals surface area contributed by atoms with E-state index in [1.165, 1.54) is 11.3 Å². The zero-order chi connectivity index (χ0) is 22.6. The second-order valence-electron chi connectivity index (χ2n) is 7.77. The van der Waals surface area contributed by atoms with Crippen LogP contribution in [0.1, 0.15) is 6.42 Å². The number of alkyl halides is 1. The number of amides is 1. The average Bonchev–Trinajstić information content (AvgIpc) is 3.12. The standard InChI is InChI=1S/C21H19ClF2N6OS/c1-30(5-4-25)19-17(24)16(22)15(11-8-26-29-18(11)19)9-2-3-13-14(6-9)32-21(27-13)28-20(31)10-7-12(10)23/h2-3,6,8,10,12H,4-5,7,25H2,1H3,(H,26,29)(H,27,28,31)/t10-,12+/m1/s1. The van der Waals surface area contributed by atoms with E-state index in [2.05, 4.69) is 20.5 Å². The number of nitrogens with one attached hydrogen (secondary N) is 2. The molecule has 0 radical (unpaired) electrons. The number of halogens is 3. The molecular weight excluding hydrogens is 458 g/mol. The van der Waals surface area contributed by atoms with E-state index in [4.69, 9.17) is 17.3 Å². The Hall–Kier alpha value is -2.82. The number of hydrogen-bond acceptors (Lipinski definition) is 6. The first-order valence-electron chi connectivity index (χ1n) is 10.00. The highest BCUT2D eigenvalue weighted by atomic mass is 35.5. The molecule has 4 N–H and O–H groups in total. The van der Waals surface area contributed by atoms with Gasteiger partial charge in [-0.25, -0.2) is 13.8 Å². The normalized spacial score (nSPS) is 17.8. The molecule has 1 amide bonds. The molecule has 0 spiro atoms. The van der Waals surface area contributed by atoms with Gasteiger partial charge in [0.2, 0.25) is 5.91 Å². The van der Waals surface area contributed by atoms with Gasteiger partial charge < -0.3 is 16.0 Å². The summed E-state index contributed by atoms with van der Waals surface area (Å²) in [5.74, 6) is -1.51. The van der Waals surface area contributed by atoms with Gasteiger partial charge in [0.25, 0.3) is 0 Å². The van der Waals surface area contributed by atoms with E-state index in [9.17, 15) is 9.18 Å². The molecule has 2 atom stereocenters. The summed E-state index contributed by atoms with van der Waals surface area (Å²) in [6, 6.07) is 5.41. The summed E-state index contributed by atoms with van der Waals surface area (Å²) < 4.78 is 29.3. The Bertz CT molecular complexity index is 1360. The van der Waals surface area contributed by atoms with Gasteiger partial charge in [-0.05, 0) is 24.1 Å². The van der Waals surface area contributed by atoms with Crippen molar-refractivity contribution in [3.05, 3.63) is 35.2 Å². The zero-order valence-corrected chi connectivity index (χ0v) is 18.5. The number of rotatable bonds is 6. The zero-order valence-electron chi connectivity index (χ0n) is 17.0. The molecule has 2 heterocycles. The minimum absolute atomic E-state index is 0.0158. The number of aromatic amines is 1. The van der Waals surface area contributed by atoms with Gasteiger partial charge in [0.05, 0.1) is 32.9 Å². The summed E-state index contributed by atoms with van der Waals surface area (Å²) in [7, 11) is 1.74. The molecule has 0 saturated heterocycles. The van der Waals surface area contributed by atoms with Crippen molar-refractivity contribution in [3.63, 3.8) is 0 Å². The number of fused-ring (bicyclic) bond motifs is 2. The highest BCUT2D eigenvalue weighted by Crippen LogP contribution is 2.43. The quantitative estimate of drug-likeness (QED) is 0.385. The fraction of sp³-hybridized carbons (Fsp3) is 0.286. The van der Waals surface area contributed by atoms with Crippen molar-refractivity contribution in [1.82, 2.24) is 15.2 Å². The minimum atomic E-state index is -1.07. The van der Waals surface area contributed by atoms with E-state index in [0.717, 1.165) is 4.70 Å². The van der Waals surface area contributed by atoms with Crippen molar-refractivity contribution in [3.8, 4) is 11.1 Å². The third-order valence-electron chi connectivity index (χ3n) is 5.57. The molecule has 4 aromatic rings. The SMILES string of the molecule is CN(CCN)c1c(F)c(Cl)c(-c2ccc3nc(NC(=O)[C@@H]4C[C@@H]4F)sc3c2)c2cn[nH]c12.